The van der Waals surface area contributed by atoms with Crippen LogP contribution in [0.4, 0.5) is 0 Å². The molecule has 2 rings (SSSR count). The van der Waals surface area contributed by atoms with E-state index in [1.807, 2.05) is 0 Å². The van der Waals surface area contributed by atoms with Crippen LogP contribution in [0.5, 0.6) is 0 Å². The van der Waals surface area contributed by atoms with Gasteiger partial charge in [0.25, 0.3) is 5.91 Å². The minimum absolute atomic E-state index is 0.0366. The summed E-state index contributed by atoms with van der Waals surface area (Å²) in [4.78, 5) is 39.4. The molecule has 0 bridgehead atoms. The summed E-state index contributed by atoms with van der Waals surface area (Å²) in [6.07, 6.45) is 3.99. The first kappa shape index (κ1) is 17.2. The zero-order valence-electron chi connectivity index (χ0n) is 13.6. The number of nitrogens with zero attached hydrogens (tertiary/aromatic N) is 1. The van der Waals surface area contributed by atoms with Crippen LogP contribution < -0.4 is 10.9 Å². The van der Waals surface area contributed by atoms with Gasteiger partial charge in [0.05, 0.1) is 11.2 Å². The SMILES string of the molecule is CNC(=O)CC[C@@]1(OC)CCCN(C(=O)c2ccc(=O)[nH]c2)C1. The Hall–Kier alpha value is -2.15. The average molecular weight is 321 g/mol. The van der Waals surface area contributed by atoms with Crippen LogP contribution >= 0.6 is 0 Å². The molecular formula is C16H23N3O4. The van der Waals surface area contributed by atoms with Crippen molar-refractivity contribution >= 4 is 11.8 Å². The van der Waals surface area contributed by atoms with Gasteiger partial charge in [-0.2, -0.15) is 0 Å². The van der Waals surface area contributed by atoms with Crippen LogP contribution in [-0.4, -0.2) is 54.5 Å². The fourth-order valence-corrected chi connectivity index (χ4v) is 2.94. The standard InChI is InChI=1S/C16H23N3O4/c1-17-13(20)6-8-16(23-2)7-3-9-19(11-16)15(22)12-4-5-14(21)18-10-12/h4-5,10H,3,6-9,11H2,1-2H3,(H,17,20)(H,18,21)/t16-/m0/s1. The molecule has 7 heteroatoms. The number of carbonyl (C=O) groups is 2. The zero-order chi connectivity index (χ0) is 16.9. The predicted molar refractivity (Wildman–Crippen MR) is 85.2 cm³/mol. The van der Waals surface area contributed by atoms with Crippen LogP contribution in [0.2, 0.25) is 0 Å². The number of methoxy groups -OCH3 is 1. The number of piperidine rings is 1. The summed E-state index contributed by atoms with van der Waals surface area (Å²) >= 11 is 0. The summed E-state index contributed by atoms with van der Waals surface area (Å²) in [5.41, 5.74) is -0.289. The van der Waals surface area contributed by atoms with Crippen molar-refractivity contribution in [2.75, 3.05) is 27.2 Å². The molecule has 1 fully saturated rings. The molecule has 2 amide bonds. The first-order chi connectivity index (χ1) is 11.0. The van der Waals surface area contributed by atoms with Crippen molar-refractivity contribution in [1.29, 1.82) is 0 Å². The van der Waals surface area contributed by atoms with Gasteiger partial charge in [-0.15, -0.1) is 0 Å². The predicted octanol–water partition coefficient (Wildman–Crippen LogP) is 0.522. The molecule has 0 aliphatic carbocycles. The van der Waals surface area contributed by atoms with Gasteiger partial charge in [0.1, 0.15) is 0 Å². The van der Waals surface area contributed by atoms with Crippen LogP contribution in [0.3, 0.4) is 0 Å². The lowest BCUT2D eigenvalue weighted by Crippen LogP contribution is -2.51. The van der Waals surface area contributed by atoms with Crippen molar-refractivity contribution in [2.45, 2.75) is 31.3 Å². The quantitative estimate of drug-likeness (QED) is 0.827. The van der Waals surface area contributed by atoms with E-state index in [9.17, 15) is 14.4 Å². The van der Waals surface area contributed by atoms with Crippen molar-refractivity contribution in [2.24, 2.45) is 0 Å². The lowest BCUT2D eigenvalue weighted by atomic mass is 9.87. The first-order valence-electron chi connectivity index (χ1n) is 7.73. The third kappa shape index (κ3) is 4.19. The number of rotatable bonds is 5. The number of nitrogens with one attached hydrogen (secondary N) is 2. The van der Waals surface area contributed by atoms with E-state index in [0.29, 0.717) is 31.5 Å². The highest BCUT2D eigenvalue weighted by Crippen LogP contribution is 2.30. The van der Waals surface area contributed by atoms with Crippen molar-refractivity contribution in [3.63, 3.8) is 0 Å². The van der Waals surface area contributed by atoms with Crippen LogP contribution in [0.1, 0.15) is 36.0 Å². The summed E-state index contributed by atoms with van der Waals surface area (Å²) in [7, 11) is 3.23. The van der Waals surface area contributed by atoms with Gasteiger partial charge in [-0.1, -0.05) is 0 Å². The summed E-state index contributed by atoms with van der Waals surface area (Å²) in [5.74, 6) is -0.173. The number of hydrogen-bond donors (Lipinski definition) is 2. The number of ether oxygens (including phenoxy) is 1. The number of H-pyrrole nitrogens is 1. The van der Waals surface area contributed by atoms with Crippen LogP contribution in [0.25, 0.3) is 0 Å². The summed E-state index contributed by atoms with van der Waals surface area (Å²) < 4.78 is 5.68. The molecule has 2 heterocycles. The lowest BCUT2D eigenvalue weighted by Gasteiger charge is -2.42. The summed E-state index contributed by atoms with van der Waals surface area (Å²) in [5, 5.41) is 2.60. The van der Waals surface area contributed by atoms with Gasteiger partial charge in [0.2, 0.25) is 11.5 Å². The van der Waals surface area contributed by atoms with Gasteiger partial charge in [-0.05, 0) is 25.3 Å². The van der Waals surface area contributed by atoms with Crippen LogP contribution in [0.15, 0.2) is 23.1 Å². The molecule has 1 aromatic heterocycles. The molecule has 1 saturated heterocycles. The molecule has 23 heavy (non-hydrogen) atoms. The van der Waals surface area contributed by atoms with E-state index in [1.54, 1.807) is 19.1 Å². The van der Waals surface area contributed by atoms with Crippen molar-refractivity contribution in [1.82, 2.24) is 15.2 Å². The zero-order valence-corrected chi connectivity index (χ0v) is 13.6. The van der Waals surface area contributed by atoms with E-state index in [-0.39, 0.29) is 17.4 Å². The number of aromatic nitrogens is 1. The molecule has 126 valence electrons. The Kier molecular flexibility index (Phi) is 5.54. The molecule has 2 N–H and O–H groups in total. The molecule has 1 aliphatic heterocycles. The van der Waals surface area contributed by atoms with Gasteiger partial charge in [0, 0.05) is 45.9 Å². The fourth-order valence-electron chi connectivity index (χ4n) is 2.94. The second-order valence-electron chi connectivity index (χ2n) is 5.83. The lowest BCUT2D eigenvalue weighted by molar-refractivity contribution is -0.123. The Balaban J connectivity index is 2.08. The maximum Gasteiger partial charge on any atom is 0.255 e. The Labute approximate surface area is 135 Å². The highest BCUT2D eigenvalue weighted by Gasteiger charge is 2.37. The molecule has 0 aromatic carbocycles. The Bertz CT molecular complexity index is 608. The smallest absolute Gasteiger partial charge is 0.255 e. The van der Waals surface area contributed by atoms with E-state index >= 15 is 0 Å². The molecule has 1 aliphatic rings. The van der Waals surface area contributed by atoms with E-state index in [0.717, 1.165) is 12.8 Å². The second kappa shape index (κ2) is 7.41. The molecule has 0 saturated carbocycles. The van der Waals surface area contributed by atoms with Gasteiger partial charge < -0.3 is 19.9 Å². The Morgan fingerprint density at radius 1 is 1.43 bits per heavy atom. The maximum atomic E-state index is 12.6. The van der Waals surface area contributed by atoms with Crippen molar-refractivity contribution < 1.29 is 14.3 Å². The number of carbonyl (C=O) groups excluding carboxylic acids is 2. The minimum atomic E-state index is -0.497. The molecular weight excluding hydrogens is 298 g/mol. The van der Waals surface area contributed by atoms with E-state index in [4.69, 9.17) is 4.74 Å². The molecule has 1 aromatic rings. The molecule has 7 nitrogen and oxygen atoms in total. The topological polar surface area (TPSA) is 91.5 Å². The minimum Gasteiger partial charge on any atom is -0.376 e. The van der Waals surface area contributed by atoms with Crippen molar-refractivity contribution in [3.8, 4) is 0 Å². The van der Waals surface area contributed by atoms with Crippen molar-refractivity contribution in [3.05, 3.63) is 34.2 Å². The average Bonchev–Trinajstić information content (AvgIpc) is 2.60. The summed E-state index contributed by atoms with van der Waals surface area (Å²) in [6.45, 7) is 1.08. The Morgan fingerprint density at radius 2 is 2.22 bits per heavy atom. The second-order valence-corrected chi connectivity index (χ2v) is 5.83. The highest BCUT2D eigenvalue weighted by molar-refractivity contribution is 5.94. The largest absolute Gasteiger partial charge is 0.376 e. The third-order valence-electron chi connectivity index (χ3n) is 4.38. The normalized spacial score (nSPS) is 21.0. The van der Waals surface area contributed by atoms with E-state index < -0.39 is 5.60 Å². The number of amides is 2. The maximum absolute atomic E-state index is 12.6. The van der Waals surface area contributed by atoms with Gasteiger partial charge in [0.15, 0.2) is 0 Å². The molecule has 0 radical (unpaired) electrons. The van der Waals surface area contributed by atoms with Crippen LogP contribution in [-0.2, 0) is 9.53 Å². The number of pyridine rings is 1. The Morgan fingerprint density at radius 3 is 2.83 bits per heavy atom. The van der Waals surface area contributed by atoms with Crippen LogP contribution in [0, 0.1) is 0 Å². The van der Waals surface area contributed by atoms with Gasteiger partial charge in [-0.25, -0.2) is 0 Å². The number of likely N-dealkylation sites (tertiary alicyclic amines) is 1. The number of aromatic amines is 1. The van der Waals surface area contributed by atoms with Gasteiger partial charge >= 0.3 is 0 Å². The molecule has 0 spiro atoms. The fraction of sp³-hybridized carbons (Fsp3) is 0.562. The first-order valence-corrected chi connectivity index (χ1v) is 7.73. The monoisotopic (exact) mass is 321 g/mol. The van der Waals surface area contributed by atoms with E-state index in [2.05, 4.69) is 10.3 Å². The summed E-state index contributed by atoms with van der Waals surface area (Å²) in [6, 6.07) is 2.86. The third-order valence-corrected chi connectivity index (χ3v) is 4.38. The van der Waals surface area contributed by atoms with E-state index in [1.165, 1.54) is 18.3 Å². The molecule has 0 unspecified atom stereocenters. The molecule has 1 atom stereocenters. The van der Waals surface area contributed by atoms with Gasteiger partial charge in [-0.3, -0.25) is 14.4 Å². The number of hydrogen-bond acceptors (Lipinski definition) is 4. The highest BCUT2D eigenvalue weighted by atomic mass is 16.5.